The molecule has 0 fully saturated rings. The van der Waals surface area contributed by atoms with Gasteiger partial charge in [0.15, 0.2) is 5.78 Å². The van der Waals surface area contributed by atoms with Gasteiger partial charge in [-0.2, -0.15) is 0 Å². The molecule has 0 aromatic heterocycles. The topological polar surface area (TPSA) is 37.3 Å². The molecular formula is C6H10O2. The van der Waals surface area contributed by atoms with Gasteiger partial charge in [0.05, 0.1) is 0 Å². The lowest BCUT2D eigenvalue weighted by atomic mass is 10.1. The summed E-state index contributed by atoms with van der Waals surface area (Å²) >= 11 is 0. The first-order valence-corrected chi connectivity index (χ1v) is 2.39. The summed E-state index contributed by atoms with van der Waals surface area (Å²) in [5.41, 5.74) is 0.498. The molecule has 0 heterocycles. The zero-order valence-corrected chi connectivity index (χ0v) is 5.14. The van der Waals surface area contributed by atoms with Crippen LogP contribution in [0.15, 0.2) is 12.2 Å². The van der Waals surface area contributed by atoms with Gasteiger partial charge in [0, 0.05) is 0 Å². The van der Waals surface area contributed by atoms with E-state index in [1.807, 2.05) is 0 Å². The highest BCUT2D eigenvalue weighted by molar-refractivity contribution is 5.82. The van der Waals surface area contributed by atoms with E-state index in [-0.39, 0.29) is 5.78 Å². The summed E-state index contributed by atoms with van der Waals surface area (Å²) in [6, 6.07) is 0. The second-order valence-electron chi connectivity index (χ2n) is 1.86. The Morgan fingerprint density at radius 1 is 1.62 bits per heavy atom. The third-order valence-electron chi connectivity index (χ3n) is 0.852. The molecule has 0 radical (unpaired) electrons. The van der Waals surface area contributed by atoms with Gasteiger partial charge in [-0.15, -0.1) is 0 Å². The van der Waals surface area contributed by atoms with Crippen LogP contribution in [0.3, 0.4) is 0 Å². The molecule has 0 aliphatic heterocycles. The highest BCUT2D eigenvalue weighted by atomic mass is 16.3. The van der Waals surface area contributed by atoms with Gasteiger partial charge in [0.2, 0.25) is 0 Å². The average molecular weight is 114 g/mol. The molecule has 8 heavy (non-hydrogen) atoms. The van der Waals surface area contributed by atoms with Gasteiger partial charge >= 0.3 is 0 Å². The minimum Gasteiger partial charge on any atom is -0.381 e. The molecule has 1 unspecified atom stereocenters. The summed E-state index contributed by atoms with van der Waals surface area (Å²) in [6.45, 7) is 6.36. The van der Waals surface area contributed by atoms with Crippen LogP contribution in [0.4, 0.5) is 0 Å². The average Bonchev–Trinajstić information content (AvgIpc) is 1.64. The Balaban J connectivity index is 3.83. The molecule has 0 aliphatic carbocycles. The molecule has 1 N–H and O–H groups in total. The fraction of sp³-hybridized carbons (Fsp3) is 0.500. The number of aliphatic hydroxyl groups excluding tert-OH is 1. The Morgan fingerprint density at radius 2 is 2.00 bits per heavy atom. The zero-order valence-electron chi connectivity index (χ0n) is 5.14. The maximum Gasteiger partial charge on any atom is 0.162 e. The van der Waals surface area contributed by atoms with Crippen molar-refractivity contribution in [3.63, 3.8) is 0 Å². The molecule has 0 saturated carbocycles. The molecule has 46 valence electrons. The third-order valence-corrected chi connectivity index (χ3v) is 0.852. The first-order valence-electron chi connectivity index (χ1n) is 2.39. The van der Waals surface area contributed by atoms with Crippen LogP contribution in [0.2, 0.25) is 0 Å². The number of hydrogen-bond acceptors (Lipinski definition) is 2. The van der Waals surface area contributed by atoms with Crippen LogP contribution < -0.4 is 0 Å². The van der Waals surface area contributed by atoms with Gasteiger partial charge in [-0.3, -0.25) is 4.79 Å². The number of ketones is 1. The molecule has 1 atom stereocenters. The van der Waals surface area contributed by atoms with Crippen molar-refractivity contribution in [2.24, 2.45) is 0 Å². The molecule has 0 aromatic carbocycles. The van der Waals surface area contributed by atoms with Crippen LogP contribution >= 0.6 is 0 Å². The van der Waals surface area contributed by atoms with Crippen molar-refractivity contribution in [2.75, 3.05) is 0 Å². The SMILES string of the molecule is C=C(C)C(O)C(C)=O. The summed E-state index contributed by atoms with van der Waals surface area (Å²) < 4.78 is 0. The van der Waals surface area contributed by atoms with Gasteiger partial charge < -0.3 is 5.11 Å². The lowest BCUT2D eigenvalue weighted by Gasteiger charge is -2.02. The maximum absolute atomic E-state index is 10.3. The minimum absolute atomic E-state index is 0.252. The van der Waals surface area contributed by atoms with E-state index in [1.54, 1.807) is 6.92 Å². The highest BCUT2D eigenvalue weighted by Crippen LogP contribution is 1.96. The van der Waals surface area contributed by atoms with Crippen molar-refractivity contribution < 1.29 is 9.90 Å². The number of carbonyl (C=O) groups excluding carboxylic acids is 1. The largest absolute Gasteiger partial charge is 0.381 e. The van der Waals surface area contributed by atoms with E-state index in [4.69, 9.17) is 5.11 Å². The first kappa shape index (κ1) is 7.37. The Labute approximate surface area is 48.8 Å². The Morgan fingerprint density at radius 3 is 2.00 bits per heavy atom. The van der Waals surface area contributed by atoms with Crippen molar-refractivity contribution in [3.05, 3.63) is 12.2 Å². The Bertz CT molecular complexity index is 102. The second kappa shape index (κ2) is 2.62. The van der Waals surface area contributed by atoms with E-state index < -0.39 is 6.10 Å². The van der Waals surface area contributed by atoms with Crippen LogP contribution in [0.5, 0.6) is 0 Å². The monoisotopic (exact) mass is 114 g/mol. The molecule has 0 aromatic rings. The molecule has 2 heteroatoms. The lowest BCUT2D eigenvalue weighted by molar-refractivity contribution is -0.123. The maximum atomic E-state index is 10.3. The van der Waals surface area contributed by atoms with Gasteiger partial charge in [-0.25, -0.2) is 0 Å². The molecular weight excluding hydrogens is 104 g/mol. The lowest BCUT2D eigenvalue weighted by Crippen LogP contribution is -2.16. The van der Waals surface area contributed by atoms with E-state index in [9.17, 15) is 4.79 Å². The fourth-order valence-electron chi connectivity index (χ4n) is 0.347. The van der Waals surface area contributed by atoms with Crippen molar-refractivity contribution in [1.29, 1.82) is 0 Å². The van der Waals surface area contributed by atoms with Crippen LogP contribution in [-0.4, -0.2) is 17.0 Å². The summed E-state index contributed by atoms with van der Waals surface area (Å²) in [5, 5.41) is 8.75. The molecule has 0 aliphatic rings. The predicted octanol–water partition coefficient (Wildman–Crippen LogP) is 0.512. The fourth-order valence-corrected chi connectivity index (χ4v) is 0.347. The quantitative estimate of drug-likeness (QED) is 0.531. The number of carbonyl (C=O) groups is 1. The van der Waals surface area contributed by atoms with Gasteiger partial charge in [0.1, 0.15) is 6.10 Å². The minimum atomic E-state index is -0.963. The molecule has 0 amide bonds. The Kier molecular flexibility index (Phi) is 2.42. The molecule has 0 saturated heterocycles. The highest BCUT2D eigenvalue weighted by Gasteiger charge is 2.07. The van der Waals surface area contributed by atoms with E-state index in [0.29, 0.717) is 5.57 Å². The first-order chi connectivity index (χ1) is 3.55. The molecule has 0 rings (SSSR count). The number of rotatable bonds is 2. The van der Waals surface area contributed by atoms with E-state index in [2.05, 4.69) is 6.58 Å². The second-order valence-corrected chi connectivity index (χ2v) is 1.86. The van der Waals surface area contributed by atoms with Crippen LogP contribution in [0, 0.1) is 0 Å². The van der Waals surface area contributed by atoms with E-state index >= 15 is 0 Å². The third kappa shape index (κ3) is 1.89. The van der Waals surface area contributed by atoms with Gasteiger partial charge in [-0.1, -0.05) is 6.58 Å². The smallest absolute Gasteiger partial charge is 0.162 e. The summed E-state index contributed by atoms with van der Waals surface area (Å²) in [4.78, 5) is 10.3. The Hall–Kier alpha value is -0.630. The van der Waals surface area contributed by atoms with E-state index in [0.717, 1.165) is 0 Å². The predicted molar refractivity (Wildman–Crippen MR) is 31.5 cm³/mol. The number of aliphatic hydroxyl groups is 1. The summed E-state index contributed by atoms with van der Waals surface area (Å²) in [6.07, 6.45) is -0.963. The zero-order chi connectivity index (χ0) is 6.73. The summed E-state index contributed by atoms with van der Waals surface area (Å²) in [7, 11) is 0. The van der Waals surface area contributed by atoms with Crippen molar-refractivity contribution >= 4 is 5.78 Å². The summed E-state index contributed by atoms with van der Waals surface area (Å²) in [5.74, 6) is -0.252. The van der Waals surface area contributed by atoms with Crippen LogP contribution in [-0.2, 0) is 4.79 Å². The molecule has 2 nitrogen and oxygen atoms in total. The standard InChI is InChI=1S/C6H10O2/c1-4(2)6(8)5(3)7/h6,8H,1H2,2-3H3. The van der Waals surface area contributed by atoms with Crippen molar-refractivity contribution in [2.45, 2.75) is 20.0 Å². The van der Waals surface area contributed by atoms with Crippen LogP contribution in [0.25, 0.3) is 0 Å². The van der Waals surface area contributed by atoms with Gasteiger partial charge in [-0.05, 0) is 19.4 Å². The normalized spacial score (nSPS) is 12.9. The van der Waals surface area contributed by atoms with Crippen molar-refractivity contribution in [3.8, 4) is 0 Å². The van der Waals surface area contributed by atoms with Crippen LogP contribution in [0.1, 0.15) is 13.8 Å². The number of hydrogen-bond donors (Lipinski definition) is 1. The molecule has 0 spiro atoms. The van der Waals surface area contributed by atoms with Crippen molar-refractivity contribution in [1.82, 2.24) is 0 Å². The van der Waals surface area contributed by atoms with E-state index in [1.165, 1.54) is 6.92 Å². The van der Waals surface area contributed by atoms with Gasteiger partial charge in [0.25, 0.3) is 0 Å². The number of Topliss-reactive ketones (excluding diaryl/α,β-unsaturated/α-hetero) is 1. The molecule has 0 bridgehead atoms.